The molecule has 3 nitrogen and oxygen atoms in total. The number of nitrogens with zero attached hydrogens (tertiary/aromatic N) is 1. The third kappa shape index (κ3) is 7.43. The van der Waals surface area contributed by atoms with Gasteiger partial charge in [0.2, 0.25) is 5.91 Å². The first-order chi connectivity index (χ1) is 8.22. The molecule has 0 radical (unpaired) electrons. The van der Waals surface area contributed by atoms with Crippen LogP contribution in [-0.2, 0) is 11.3 Å². The minimum absolute atomic E-state index is 0. The molecule has 0 saturated carbocycles. The van der Waals surface area contributed by atoms with Gasteiger partial charge in [0.1, 0.15) is 6.54 Å². The zero-order valence-corrected chi connectivity index (χ0v) is 12.8. The average molecular weight is 315 g/mol. The molecule has 1 aromatic heterocycles. The number of aromatic nitrogens is 1. The molecule has 0 aliphatic heterocycles. The van der Waals surface area contributed by atoms with Crippen LogP contribution in [0.2, 0.25) is 0 Å². The highest BCUT2D eigenvalue weighted by molar-refractivity contribution is 5.76. The zero-order chi connectivity index (χ0) is 12.5. The summed E-state index contributed by atoms with van der Waals surface area (Å²) in [6, 6.07) is 6.35. The average Bonchev–Trinajstić information content (AvgIpc) is 2.36. The Bertz CT molecular complexity index is 330. The van der Waals surface area contributed by atoms with Gasteiger partial charge >= 0.3 is 0 Å². The summed E-state index contributed by atoms with van der Waals surface area (Å²) in [6.07, 6.45) is 7.73. The lowest BCUT2D eigenvalue weighted by atomic mass is 10.2. The van der Waals surface area contributed by atoms with Crippen LogP contribution in [0.4, 0.5) is 0 Å². The molecule has 1 N–H and O–H groups in total. The highest BCUT2D eigenvalue weighted by Crippen LogP contribution is 1.97. The predicted octanol–water partition coefficient (Wildman–Crippen LogP) is -0.937. The van der Waals surface area contributed by atoms with Crippen LogP contribution in [0.25, 0.3) is 0 Å². The van der Waals surface area contributed by atoms with Gasteiger partial charge in [-0.3, -0.25) is 4.79 Å². The second-order valence-corrected chi connectivity index (χ2v) is 4.45. The second-order valence-electron chi connectivity index (χ2n) is 4.45. The van der Waals surface area contributed by atoms with Crippen LogP contribution < -0.4 is 26.9 Å². The molecule has 0 bridgehead atoms. The fraction of sp³-hybridized carbons (Fsp3) is 0.571. The molecule has 1 heterocycles. The molecule has 1 amide bonds. The zero-order valence-electron chi connectivity index (χ0n) is 11.2. The maximum atomic E-state index is 11.5. The first-order valence-corrected chi connectivity index (χ1v) is 6.46. The number of pyridine rings is 1. The van der Waals surface area contributed by atoms with Crippen molar-refractivity contribution in [1.29, 1.82) is 0 Å². The van der Waals surface area contributed by atoms with E-state index in [1.54, 1.807) is 0 Å². The molecule has 0 aliphatic carbocycles. The van der Waals surface area contributed by atoms with E-state index in [9.17, 15) is 4.79 Å². The molecular formula is C14H23BrN2O. The molecule has 0 aliphatic rings. The van der Waals surface area contributed by atoms with Gasteiger partial charge in [-0.25, -0.2) is 4.57 Å². The summed E-state index contributed by atoms with van der Waals surface area (Å²) in [7, 11) is 0. The Morgan fingerprint density at radius 2 is 1.89 bits per heavy atom. The summed E-state index contributed by atoms with van der Waals surface area (Å²) in [5.41, 5.74) is 0. The van der Waals surface area contributed by atoms with Crippen molar-refractivity contribution in [3.8, 4) is 0 Å². The topological polar surface area (TPSA) is 33.0 Å². The third-order valence-corrected chi connectivity index (χ3v) is 2.87. The van der Waals surface area contributed by atoms with Gasteiger partial charge in [-0.1, -0.05) is 13.0 Å². The summed E-state index contributed by atoms with van der Waals surface area (Å²) >= 11 is 0. The minimum atomic E-state index is 0. The van der Waals surface area contributed by atoms with Crippen molar-refractivity contribution in [3.63, 3.8) is 0 Å². The molecule has 18 heavy (non-hydrogen) atoms. The fourth-order valence-electron chi connectivity index (χ4n) is 1.61. The molecule has 1 aromatic rings. The van der Waals surface area contributed by atoms with Crippen molar-refractivity contribution in [1.82, 2.24) is 5.32 Å². The lowest BCUT2D eigenvalue weighted by Gasteiger charge is -2.10. The number of carbonyl (C=O) groups is 1. The van der Waals surface area contributed by atoms with E-state index >= 15 is 0 Å². The number of unbranched alkanes of at least 4 members (excludes halogenated alkanes) is 1. The lowest BCUT2D eigenvalue weighted by molar-refractivity contribution is -0.697. The van der Waals surface area contributed by atoms with E-state index in [0.717, 1.165) is 25.8 Å². The highest BCUT2D eigenvalue weighted by Gasteiger charge is 2.05. The van der Waals surface area contributed by atoms with Crippen molar-refractivity contribution < 1.29 is 26.3 Å². The molecule has 0 saturated heterocycles. The highest BCUT2D eigenvalue weighted by atomic mass is 79.9. The van der Waals surface area contributed by atoms with Crippen LogP contribution in [-0.4, -0.2) is 11.9 Å². The standard InChI is InChI=1S/C14H22N2O.BrH/c1-3-13(2)15-14(17)9-5-8-12-16-10-6-4-7-11-16;/h4,6-7,10-11,13H,3,5,8-9,12H2,1-2H3;1H. The molecular weight excluding hydrogens is 292 g/mol. The van der Waals surface area contributed by atoms with Crippen LogP contribution in [0.15, 0.2) is 30.6 Å². The number of halogens is 1. The van der Waals surface area contributed by atoms with Gasteiger partial charge in [0.15, 0.2) is 12.4 Å². The number of hydrogen-bond donors (Lipinski definition) is 1. The maximum Gasteiger partial charge on any atom is 0.220 e. The van der Waals surface area contributed by atoms with Gasteiger partial charge in [-0.2, -0.15) is 0 Å². The quantitative estimate of drug-likeness (QED) is 0.511. The van der Waals surface area contributed by atoms with Crippen LogP contribution in [0.1, 0.15) is 39.5 Å². The molecule has 4 heteroatoms. The monoisotopic (exact) mass is 314 g/mol. The van der Waals surface area contributed by atoms with E-state index in [2.05, 4.69) is 29.2 Å². The SMILES string of the molecule is CCC(C)NC(=O)CCCC[n+]1ccccc1.[Br-]. The Kier molecular flexibility index (Phi) is 9.56. The molecule has 0 fully saturated rings. The molecule has 0 spiro atoms. The van der Waals surface area contributed by atoms with Gasteiger partial charge in [0.05, 0.1) is 0 Å². The summed E-state index contributed by atoms with van der Waals surface area (Å²) in [4.78, 5) is 11.5. The number of nitrogens with one attached hydrogen (secondary N) is 1. The minimum Gasteiger partial charge on any atom is -1.00 e. The molecule has 1 unspecified atom stereocenters. The van der Waals surface area contributed by atoms with Crippen molar-refractivity contribution in [2.75, 3.05) is 0 Å². The summed E-state index contributed by atoms with van der Waals surface area (Å²) in [6.45, 7) is 5.10. The van der Waals surface area contributed by atoms with Gasteiger partial charge in [-0.05, 0) is 19.8 Å². The number of hydrogen-bond acceptors (Lipinski definition) is 1. The normalized spacial score (nSPS) is 11.4. The van der Waals surface area contributed by atoms with E-state index in [0.29, 0.717) is 12.5 Å². The van der Waals surface area contributed by atoms with E-state index < -0.39 is 0 Å². The largest absolute Gasteiger partial charge is 1.00 e. The number of amides is 1. The summed E-state index contributed by atoms with van der Waals surface area (Å²) in [5.74, 6) is 0.178. The Morgan fingerprint density at radius 3 is 2.50 bits per heavy atom. The van der Waals surface area contributed by atoms with Gasteiger partial charge in [0, 0.05) is 31.0 Å². The Morgan fingerprint density at radius 1 is 1.22 bits per heavy atom. The van der Waals surface area contributed by atoms with E-state index in [1.165, 1.54) is 0 Å². The van der Waals surface area contributed by atoms with Crippen LogP contribution in [0, 0.1) is 0 Å². The molecule has 102 valence electrons. The van der Waals surface area contributed by atoms with Crippen molar-refractivity contribution >= 4 is 5.91 Å². The number of rotatable bonds is 7. The number of aryl methyl sites for hydroxylation is 1. The van der Waals surface area contributed by atoms with Crippen molar-refractivity contribution in [2.24, 2.45) is 0 Å². The van der Waals surface area contributed by atoms with E-state index in [1.807, 2.05) is 25.1 Å². The third-order valence-electron chi connectivity index (χ3n) is 2.87. The van der Waals surface area contributed by atoms with Gasteiger partial charge in [-0.15, -0.1) is 0 Å². The molecule has 0 aromatic carbocycles. The summed E-state index contributed by atoms with van der Waals surface area (Å²) < 4.78 is 2.15. The first-order valence-electron chi connectivity index (χ1n) is 6.46. The molecule has 1 atom stereocenters. The second kappa shape index (κ2) is 10.1. The van der Waals surface area contributed by atoms with Crippen molar-refractivity contribution in [2.45, 2.75) is 52.1 Å². The van der Waals surface area contributed by atoms with Crippen LogP contribution >= 0.6 is 0 Å². The smallest absolute Gasteiger partial charge is 0.220 e. The maximum absolute atomic E-state index is 11.5. The fourth-order valence-corrected chi connectivity index (χ4v) is 1.61. The predicted molar refractivity (Wildman–Crippen MR) is 68.4 cm³/mol. The Balaban J connectivity index is 0.00000289. The molecule has 1 rings (SSSR count). The number of carbonyl (C=O) groups excluding carboxylic acids is 1. The van der Waals surface area contributed by atoms with E-state index in [-0.39, 0.29) is 22.9 Å². The van der Waals surface area contributed by atoms with E-state index in [4.69, 9.17) is 0 Å². The van der Waals surface area contributed by atoms with Crippen LogP contribution in [0.3, 0.4) is 0 Å². The van der Waals surface area contributed by atoms with Crippen molar-refractivity contribution in [3.05, 3.63) is 30.6 Å². The summed E-state index contributed by atoms with van der Waals surface area (Å²) in [5, 5.41) is 2.98. The van der Waals surface area contributed by atoms with Crippen LogP contribution in [0.5, 0.6) is 0 Å². The first kappa shape index (κ1) is 17.1. The Labute approximate surface area is 120 Å². The van der Waals surface area contributed by atoms with Gasteiger partial charge < -0.3 is 22.3 Å². The van der Waals surface area contributed by atoms with Gasteiger partial charge in [0.25, 0.3) is 0 Å². The Hall–Kier alpha value is -0.900. The lowest BCUT2D eigenvalue weighted by Crippen LogP contribution is -3.00.